The Hall–Kier alpha value is -0.430. The molecule has 1 aromatic heterocycles. The molecule has 2 heterocycles. The molecular weight excluding hydrogens is 256 g/mol. The molecule has 0 amide bonds. The highest BCUT2D eigenvalue weighted by Gasteiger charge is 2.34. The molecule has 0 aliphatic carbocycles. The Bertz CT molecular complexity index is 458. The summed E-state index contributed by atoms with van der Waals surface area (Å²) in [6.07, 6.45) is 0. The second-order valence-electron chi connectivity index (χ2n) is 4.62. The van der Waals surface area contributed by atoms with Gasteiger partial charge in [-0.05, 0) is 32.3 Å². The predicted molar refractivity (Wildman–Crippen MR) is 69.8 cm³/mol. The Kier molecular flexibility index (Phi) is 3.58. The second-order valence-corrected chi connectivity index (χ2v) is 7.73. The number of rotatable bonds is 2. The number of hydrogen-bond acceptors (Lipinski definition) is 4. The highest BCUT2D eigenvalue weighted by Crippen LogP contribution is 2.24. The lowest BCUT2D eigenvalue weighted by Gasteiger charge is -2.41. The Morgan fingerprint density at radius 2 is 1.88 bits per heavy atom. The minimum Gasteiger partial charge on any atom is -0.298 e. The van der Waals surface area contributed by atoms with Crippen LogP contribution in [0.4, 0.5) is 0 Å². The third-order valence-electron chi connectivity index (χ3n) is 3.42. The van der Waals surface area contributed by atoms with Gasteiger partial charge in [-0.2, -0.15) is 4.31 Å². The van der Waals surface area contributed by atoms with Crippen molar-refractivity contribution >= 4 is 21.4 Å². The fourth-order valence-electron chi connectivity index (χ4n) is 2.09. The van der Waals surface area contributed by atoms with Gasteiger partial charge in [-0.3, -0.25) is 4.90 Å². The molecule has 1 aromatic rings. The number of sulfonamides is 1. The molecule has 1 saturated heterocycles. The van der Waals surface area contributed by atoms with Crippen molar-refractivity contribution in [1.82, 2.24) is 9.21 Å². The third-order valence-corrected chi connectivity index (χ3v) is 6.62. The van der Waals surface area contributed by atoms with E-state index < -0.39 is 10.0 Å². The van der Waals surface area contributed by atoms with E-state index in [-0.39, 0.29) is 12.1 Å². The smallest absolute Gasteiger partial charge is 0.252 e. The monoisotopic (exact) mass is 274 g/mol. The van der Waals surface area contributed by atoms with Crippen LogP contribution in [0.3, 0.4) is 0 Å². The molecule has 0 aromatic carbocycles. The molecule has 0 N–H and O–H groups in total. The molecule has 6 heteroatoms. The van der Waals surface area contributed by atoms with Gasteiger partial charge in [0.2, 0.25) is 0 Å². The van der Waals surface area contributed by atoms with Gasteiger partial charge < -0.3 is 0 Å². The summed E-state index contributed by atoms with van der Waals surface area (Å²) >= 11 is 1.28. The number of piperazine rings is 1. The summed E-state index contributed by atoms with van der Waals surface area (Å²) in [5.41, 5.74) is 0. The first-order valence-electron chi connectivity index (χ1n) is 5.68. The van der Waals surface area contributed by atoms with Crippen LogP contribution in [0.1, 0.15) is 13.8 Å². The highest BCUT2D eigenvalue weighted by molar-refractivity contribution is 7.91. The molecule has 96 valence electrons. The lowest BCUT2D eigenvalue weighted by atomic mass is 10.1. The van der Waals surface area contributed by atoms with E-state index in [1.165, 1.54) is 11.3 Å². The van der Waals surface area contributed by atoms with Crippen molar-refractivity contribution in [1.29, 1.82) is 0 Å². The van der Waals surface area contributed by atoms with Gasteiger partial charge in [-0.25, -0.2) is 8.42 Å². The van der Waals surface area contributed by atoms with E-state index in [1.54, 1.807) is 21.8 Å². The molecule has 1 fully saturated rings. The molecule has 2 atom stereocenters. The summed E-state index contributed by atoms with van der Waals surface area (Å²) in [6.45, 7) is 5.27. The van der Waals surface area contributed by atoms with Crippen LogP contribution >= 0.6 is 11.3 Å². The molecule has 17 heavy (non-hydrogen) atoms. The van der Waals surface area contributed by atoms with Gasteiger partial charge in [0.05, 0.1) is 0 Å². The molecule has 2 rings (SSSR count). The van der Waals surface area contributed by atoms with Crippen LogP contribution in [0.15, 0.2) is 21.7 Å². The molecule has 1 aliphatic rings. The van der Waals surface area contributed by atoms with Crippen LogP contribution in [0, 0.1) is 0 Å². The standard InChI is InChI=1S/C11H18N2O2S2/c1-9-7-13(8-10(2)12(9)3)17(14,15)11-5-4-6-16-11/h4-6,9-10H,7-8H2,1-3H3. The van der Waals surface area contributed by atoms with Gasteiger partial charge in [0.15, 0.2) is 0 Å². The molecular formula is C11H18N2O2S2. The number of hydrogen-bond donors (Lipinski definition) is 0. The number of thiophene rings is 1. The van der Waals surface area contributed by atoms with Gasteiger partial charge in [0.25, 0.3) is 10.0 Å². The molecule has 1 aliphatic heterocycles. The molecule has 0 bridgehead atoms. The Balaban J connectivity index is 2.24. The van der Waals surface area contributed by atoms with Gasteiger partial charge >= 0.3 is 0 Å². The summed E-state index contributed by atoms with van der Waals surface area (Å²) in [4.78, 5) is 2.22. The summed E-state index contributed by atoms with van der Waals surface area (Å²) in [5, 5.41) is 1.80. The normalized spacial score (nSPS) is 28.4. The average molecular weight is 274 g/mol. The number of nitrogens with zero attached hydrogens (tertiary/aromatic N) is 2. The quantitative estimate of drug-likeness (QED) is 0.820. The van der Waals surface area contributed by atoms with Crippen molar-refractivity contribution in [2.24, 2.45) is 0 Å². The topological polar surface area (TPSA) is 40.6 Å². The molecule has 4 nitrogen and oxygen atoms in total. The van der Waals surface area contributed by atoms with Gasteiger partial charge in [-0.1, -0.05) is 6.07 Å². The van der Waals surface area contributed by atoms with Crippen LogP contribution < -0.4 is 0 Å². The number of likely N-dealkylation sites (N-methyl/N-ethyl adjacent to an activating group) is 1. The van der Waals surface area contributed by atoms with E-state index in [0.29, 0.717) is 17.3 Å². The molecule has 0 radical (unpaired) electrons. The maximum Gasteiger partial charge on any atom is 0.252 e. The van der Waals surface area contributed by atoms with Crippen LogP contribution in [-0.4, -0.2) is 49.8 Å². The summed E-state index contributed by atoms with van der Waals surface area (Å²) in [7, 11) is -1.24. The van der Waals surface area contributed by atoms with Crippen LogP contribution in [0.25, 0.3) is 0 Å². The zero-order valence-electron chi connectivity index (χ0n) is 10.3. The fourth-order valence-corrected chi connectivity index (χ4v) is 4.84. The summed E-state index contributed by atoms with van der Waals surface area (Å²) in [5.74, 6) is 0. The maximum atomic E-state index is 12.4. The Morgan fingerprint density at radius 1 is 1.29 bits per heavy atom. The molecule has 2 unspecified atom stereocenters. The zero-order valence-corrected chi connectivity index (χ0v) is 12.0. The third kappa shape index (κ3) is 2.40. The maximum absolute atomic E-state index is 12.4. The van der Waals surface area contributed by atoms with Crippen LogP contribution in [-0.2, 0) is 10.0 Å². The van der Waals surface area contributed by atoms with Crippen LogP contribution in [0.2, 0.25) is 0 Å². The van der Waals surface area contributed by atoms with Crippen molar-refractivity contribution in [3.05, 3.63) is 17.5 Å². The molecule has 0 spiro atoms. The van der Waals surface area contributed by atoms with Gasteiger partial charge in [0.1, 0.15) is 4.21 Å². The zero-order chi connectivity index (χ0) is 12.6. The Morgan fingerprint density at radius 3 is 2.35 bits per heavy atom. The largest absolute Gasteiger partial charge is 0.298 e. The lowest BCUT2D eigenvalue weighted by Crippen LogP contribution is -2.56. The minimum absolute atomic E-state index is 0.258. The molecule has 0 saturated carbocycles. The Labute approximate surface area is 107 Å². The van der Waals surface area contributed by atoms with E-state index in [4.69, 9.17) is 0 Å². The van der Waals surface area contributed by atoms with Crippen LogP contribution in [0.5, 0.6) is 0 Å². The summed E-state index contributed by atoms with van der Waals surface area (Å²) in [6, 6.07) is 3.97. The highest BCUT2D eigenvalue weighted by atomic mass is 32.2. The van der Waals surface area contributed by atoms with E-state index >= 15 is 0 Å². The summed E-state index contributed by atoms with van der Waals surface area (Å²) < 4.78 is 26.8. The van der Waals surface area contributed by atoms with Crippen molar-refractivity contribution < 1.29 is 8.42 Å². The van der Waals surface area contributed by atoms with Gasteiger partial charge in [-0.15, -0.1) is 11.3 Å². The first kappa shape index (κ1) is 13.0. The average Bonchev–Trinajstić information content (AvgIpc) is 2.79. The minimum atomic E-state index is -3.28. The van der Waals surface area contributed by atoms with Crippen molar-refractivity contribution in [3.8, 4) is 0 Å². The second kappa shape index (κ2) is 4.68. The first-order chi connectivity index (χ1) is 7.93. The SMILES string of the molecule is CC1CN(S(=O)(=O)c2cccs2)CC(C)N1C. The van der Waals surface area contributed by atoms with Crippen molar-refractivity contribution in [3.63, 3.8) is 0 Å². The fraction of sp³-hybridized carbons (Fsp3) is 0.636. The van der Waals surface area contributed by atoms with Gasteiger partial charge in [0, 0.05) is 25.2 Å². The van der Waals surface area contributed by atoms with E-state index in [2.05, 4.69) is 18.7 Å². The van der Waals surface area contributed by atoms with E-state index in [9.17, 15) is 8.42 Å². The van der Waals surface area contributed by atoms with E-state index in [0.717, 1.165) is 0 Å². The predicted octanol–water partition coefficient (Wildman–Crippen LogP) is 1.46. The van der Waals surface area contributed by atoms with Crippen molar-refractivity contribution in [2.75, 3.05) is 20.1 Å². The lowest BCUT2D eigenvalue weighted by molar-refractivity contribution is 0.105. The van der Waals surface area contributed by atoms with Crippen molar-refractivity contribution in [2.45, 2.75) is 30.1 Å². The van der Waals surface area contributed by atoms with E-state index in [1.807, 2.05) is 7.05 Å². The first-order valence-corrected chi connectivity index (χ1v) is 8.00.